The molecule has 0 radical (unpaired) electrons. The summed E-state index contributed by atoms with van der Waals surface area (Å²) in [4.78, 5) is 11.1. The highest BCUT2D eigenvalue weighted by atomic mass is 79.9. The summed E-state index contributed by atoms with van der Waals surface area (Å²) in [6.45, 7) is 2.74. The first-order valence-electron chi connectivity index (χ1n) is 4.27. The largest absolute Gasteiger partial charge is 0.573 e. The van der Waals surface area contributed by atoms with Gasteiger partial charge in [-0.15, -0.1) is 13.2 Å². The summed E-state index contributed by atoms with van der Waals surface area (Å²) in [5.41, 5.74) is 0.457. The van der Waals surface area contributed by atoms with E-state index in [9.17, 15) is 18.0 Å². The molecule has 0 heterocycles. The van der Waals surface area contributed by atoms with Crippen LogP contribution >= 0.6 is 15.9 Å². The number of alkyl halides is 3. The molecule has 0 aliphatic heterocycles. The van der Waals surface area contributed by atoms with E-state index in [4.69, 9.17) is 0 Å². The molecule has 0 aliphatic rings. The van der Waals surface area contributed by atoms with Gasteiger partial charge >= 0.3 is 6.36 Å². The Labute approximate surface area is 98.5 Å². The van der Waals surface area contributed by atoms with E-state index in [1.54, 1.807) is 0 Å². The van der Waals surface area contributed by atoms with Crippen LogP contribution in [-0.2, 0) is 0 Å². The number of carbonyl (C=O) groups excluding carboxylic acids is 1. The standard InChI is InChI=1S/C10H8BrF3O2/c1-5-8(11)3-7(6(2)15)4-9(5)16-10(12,13)14/h3-4H,1-2H3. The Morgan fingerprint density at radius 1 is 1.38 bits per heavy atom. The van der Waals surface area contributed by atoms with Gasteiger partial charge in [0, 0.05) is 15.6 Å². The normalized spacial score (nSPS) is 11.4. The van der Waals surface area contributed by atoms with Gasteiger partial charge in [0.1, 0.15) is 5.75 Å². The number of Topliss-reactive ketones (excluding diaryl/α,β-unsaturated/α-hetero) is 1. The van der Waals surface area contributed by atoms with Crippen molar-refractivity contribution in [3.05, 3.63) is 27.7 Å². The second kappa shape index (κ2) is 4.45. The number of hydrogen-bond acceptors (Lipinski definition) is 2. The predicted octanol–water partition coefficient (Wildman–Crippen LogP) is 3.86. The Morgan fingerprint density at radius 2 is 1.94 bits per heavy atom. The van der Waals surface area contributed by atoms with E-state index >= 15 is 0 Å². The minimum absolute atomic E-state index is 0.164. The van der Waals surface area contributed by atoms with E-state index in [2.05, 4.69) is 20.7 Å². The van der Waals surface area contributed by atoms with Crippen LogP contribution in [0, 0.1) is 6.92 Å². The maximum atomic E-state index is 12.1. The molecule has 1 rings (SSSR count). The Morgan fingerprint density at radius 3 is 2.38 bits per heavy atom. The monoisotopic (exact) mass is 296 g/mol. The van der Waals surface area contributed by atoms with Crippen LogP contribution < -0.4 is 4.74 Å². The predicted molar refractivity (Wildman–Crippen MR) is 55.6 cm³/mol. The highest BCUT2D eigenvalue weighted by Crippen LogP contribution is 2.32. The van der Waals surface area contributed by atoms with Gasteiger partial charge in [0.25, 0.3) is 0 Å². The fourth-order valence-electron chi connectivity index (χ4n) is 1.09. The van der Waals surface area contributed by atoms with Crippen molar-refractivity contribution in [1.29, 1.82) is 0 Å². The SMILES string of the molecule is CC(=O)c1cc(Br)c(C)c(OC(F)(F)F)c1. The Bertz CT molecular complexity index is 427. The average Bonchev–Trinajstić information content (AvgIpc) is 2.10. The van der Waals surface area contributed by atoms with Crippen LogP contribution in [0.15, 0.2) is 16.6 Å². The number of halogens is 4. The van der Waals surface area contributed by atoms with Gasteiger partial charge in [0.2, 0.25) is 0 Å². The molecule has 0 N–H and O–H groups in total. The van der Waals surface area contributed by atoms with Gasteiger partial charge in [0.15, 0.2) is 5.78 Å². The van der Waals surface area contributed by atoms with Crippen LogP contribution in [0.4, 0.5) is 13.2 Å². The highest BCUT2D eigenvalue weighted by molar-refractivity contribution is 9.10. The van der Waals surface area contributed by atoms with Crippen LogP contribution in [0.5, 0.6) is 5.75 Å². The topological polar surface area (TPSA) is 26.3 Å². The average molecular weight is 297 g/mol. The molecule has 0 unspecified atom stereocenters. The summed E-state index contributed by atoms with van der Waals surface area (Å²) in [5.74, 6) is -0.695. The molecule has 0 aromatic heterocycles. The zero-order chi connectivity index (χ0) is 12.5. The molecule has 0 saturated carbocycles. The van der Waals surface area contributed by atoms with Gasteiger partial charge in [-0.1, -0.05) is 15.9 Å². The molecule has 0 fully saturated rings. The van der Waals surface area contributed by atoms with Crippen molar-refractivity contribution in [1.82, 2.24) is 0 Å². The van der Waals surface area contributed by atoms with E-state index in [0.717, 1.165) is 6.07 Å². The first-order valence-corrected chi connectivity index (χ1v) is 5.07. The maximum Gasteiger partial charge on any atom is 0.573 e. The van der Waals surface area contributed by atoms with E-state index < -0.39 is 6.36 Å². The fourth-order valence-corrected chi connectivity index (χ4v) is 1.53. The zero-order valence-corrected chi connectivity index (χ0v) is 10.1. The summed E-state index contributed by atoms with van der Waals surface area (Å²) in [6.07, 6.45) is -4.76. The number of rotatable bonds is 2. The van der Waals surface area contributed by atoms with Crippen molar-refractivity contribution in [2.45, 2.75) is 20.2 Å². The molecule has 0 atom stereocenters. The third-order valence-electron chi connectivity index (χ3n) is 1.93. The molecule has 1 aromatic rings. The molecule has 2 nitrogen and oxygen atoms in total. The van der Waals surface area contributed by atoms with E-state index in [1.807, 2.05) is 0 Å². The summed E-state index contributed by atoms with van der Waals surface area (Å²) in [7, 11) is 0. The molecule has 0 aliphatic carbocycles. The van der Waals surface area contributed by atoms with Crippen LogP contribution in [0.3, 0.4) is 0 Å². The quantitative estimate of drug-likeness (QED) is 0.775. The van der Waals surface area contributed by atoms with Crippen molar-refractivity contribution < 1.29 is 22.7 Å². The molecule has 6 heteroatoms. The van der Waals surface area contributed by atoms with Gasteiger partial charge in [-0.3, -0.25) is 4.79 Å². The number of carbonyl (C=O) groups is 1. The van der Waals surface area contributed by atoms with Crippen LogP contribution in [0.1, 0.15) is 22.8 Å². The lowest BCUT2D eigenvalue weighted by molar-refractivity contribution is -0.274. The molecule has 0 saturated heterocycles. The Kier molecular flexibility index (Phi) is 3.62. The number of ether oxygens (including phenoxy) is 1. The lowest BCUT2D eigenvalue weighted by atomic mass is 10.1. The molecule has 0 bridgehead atoms. The number of hydrogen-bond donors (Lipinski definition) is 0. The first kappa shape index (κ1) is 13.0. The van der Waals surface area contributed by atoms with Gasteiger partial charge in [0.05, 0.1) is 0 Å². The maximum absolute atomic E-state index is 12.1. The third-order valence-corrected chi connectivity index (χ3v) is 2.75. The van der Waals surface area contributed by atoms with Crippen LogP contribution in [0.25, 0.3) is 0 Å². The summed E-state index contributed by atoms with van der Waals surface area (Å²) >= 11 is 3.07. The minimum atomic E-state index is -4.76. The van der Waals surface area contributed by atoms with E-state index in [1.165, 1.54) is 19.9 Å². The summed E-state index contributed by atoms with van der Waals surface area (Å²) in [5, 5.41) is 0. The van der Waals surface area contributed by atoms with E-state index in [-0.39, 0.29) is 17.1 Å². The number of benzene rings is 1. The zero-order valence-electron chi connectivity index (χ0n) is 8.48. The van der Waals surface area contributed by atoms with Crippen molar-refractivity contribution in [3.8, 4) is 5.75 Å². The second-order valence-electron chi connectivity index (χ2n) is 3.19. The highest BCUT2D eigenvalue weighted by Gasteiger charge is 2.32. The van der Waals surface area contributed by atoms with Gasteiger partial charge in [-0.2, -0.15) is 0 Å². The molecule has 88 valence electrons. The van der Waals surface area contributed by atoms with Gasteiger partial charge in [-0.25, -0.2) is 0 Å². The van der Waals surface area contributed by atoms with Gasteiger partial charge < -0.3 is 4.74 Å². The Balaban J connectivity index is 3.22. The Hall–Kier alpha value is -1.04. The third kappa shape index (κ3) is 3.23. The van der Waals surface area contributed by atoms with Crippen molar-refractivity contribution >= 4 is 21.7 Å². The number of ketones is 1. The lowest BCUT2D eigenvalue weighted by Gasteiger charge is -2.13. The van der Waals surface area contributed by atoms with Crippen LogP contribution in [0.2, 0.25) is 0 Å². The molecule has 1 aromatic carbocycles. The van der Waals surface area contributed by atoms with Gasteiger partial charge in [-0.05, 0) is 26.0 Å². The molecular weight excluding hydrogens is 289 g/mol. The summed E-state index contributed by atoms with van der Waals surface area (Å²) in [6, 6.07) is 2.54. The second-order valence-corrected chi connectivity index (χ2v) is 4.04. The van der Waals surface area contributed by atoms with Crippen molar-refractivity contribution in [3.63, 3.8) is 0 Å². The lowest BCUT2D eigenvalue weighted by Crippen LogP contribution is -2.18. The minimum Gasteiger partial charge on any atom is -0.405 e. The smallest absolute Gasteiger partial charge is 0.405 e. The van der Waals surface area contributed by atoms with Crippen LogP contribution in [-0.4, -0.2) is 12.1 Å². The van der Waals surface area contributed by atoms with Crippen molar-refractivity contribution in [2.24, 2.45) is 0 Å². The molecule has 0 amide bonds. The summed E-state index contributed by atoms with van der Waals surface area (Å²) < 4.78 is 40.4. The fraction of sp³-hybridized carbons (Fsp3) is 0.300. The first-order chi connectivity index (χ1) is 7.20. The molecular formula is C10H8BrF3O2. The van der Waals surface area contributed by atoms with Crippen molar-refractivity contribution in [2.75, 3.05) is 0 Å². The molecule has 16 heavy (non-hydrogen) atoms. The van der Waals surface area contributed by atoms with E-state index in [0.29, 0.717) is 10.0 Å². The molecule has 0 spiro atoms.